The van der Waals surface area contributed by atoms with Gasteiger partial charge in [0, 0.05) is 5.56 Å². The molecule has 0 spiro atoms. The van der Waals surface area contributed by atoms with Crippen molar-refractivity contribution in [2.45, 2.75) is 30.9 Å². The SMILES string of the molecule is CCCCOc1ccc(C(=O)NCC(=O)Nc2nc(C)c(SCC(N)=O)s2)cc1. The van der Waals surface area contributed by atoms with Crippen LogP contribution in [0.25, 0.3) is 0 Å². The lowest BCUT2D eigenvalue weighted by atomic mass is 10.2. The van der Waals surface area contributed by atoms with Crippen LogP contribution >= 0.6 is 23.1 Å². The van der Waals surface area contributed by atoms with Crippen LogP contribution in [-0.2, 0) is 9.59 Å². The van der Waals surface area contributed by atoms with Crippen molar-refractivity contribution < 1.29 is 19.1 Å². The second-order valence-corrected chi connectivity index (χ2v) is 8.35. The number of nitrogens with one attached hydrogen (secondary N) is 2. The largest absolute Gasteiger partial charge is 0.494 e. The van der Waals surface area contributed by atoms with E-state index in [1.807, 2.05) is 0 Å². The number of nitrogens with zero attached hydrogens (tertiary/aromatic N) is 1. The predicted molar refractivity (Wildman–Crippen MR) is 115 cm³/mol. The van der Waals surface area contributed by atoms with Crippen molar-refractivity contribution in [1.29, 1.82) is 0 Å². The van der Waals surface area contributed by atoms with Crippen molar-refractivity contribution in [3.8, 4) is 5.75 Å². The highest BCUT2D eigenvalue weighted by molar-refractivity contribution is 8.01. The van der Waals surface area contributed by atoms with E-state index in [1.165, 1.54) is 23.1 Å². The van der Waals surface area contributed by atoms with Gasteiger partial charge in [0.25, 0.3) is 5.91 Å². The molecule has 0 radical (unpaired) electrons. The first-order valence-corrected chi connectivity index (χ1v) is 10.9. The monoisotopic (exact) mass is 436 g/mol. The van der Waals surface area contributed by atoms with E-state index in [4.69, 9.17) is 10.5 Å². The number of primary amides is 1. The van der Waals surface area contributed by atoms with Crippen molar-refractivity contribution >= 4 is 46.0 Å². The summed E-state index contributed by atoms with van der Waals surface area (Å²) >= 11 is 2.53. The van der Waals surface area contributed by atoms with E-state index in [1.54, 1.807) is 31.2 Å². The predicted octanol–water partition coefficient (Wildman–Crippen LogP) is 2.58. The van der Waals surface area contributed by atoms with Crippen LogP contribution in [0.4, 0.5) is 5.13 Å². The summed E-state index contributed by atoms with van der Waals surface area (Å²) in [5.41, 5.74) is 6.29. The normalized spacial score (nSPS) is 10.4. The molecule has 0 aliphatic rings. The number of thioether (sulfide) groups is 1. The molecule has 0 aliphatic carbocycles. The number of carbonyl (C=O) groups excluding carboxylic acids is 3. The Bertz CT molecular complexity index is 852. The molecule has 2 aromatic rings. The number of benzene rings is 1. The number of hydrogen-bond acceptors (Lipinski definition) is 7. The van der Waals surface area contributed by atoms with Gasteiger partial charge in [0.05, 0.1) is 28.8 Å². The molecule has 3 amide bonds. The molecule has 0 saturated heterocycles. The number of nitrogens with two attached hydrogens (primary N) is 1. The number of aryl methyl sites for hydroxylation is 1. The number of amides is 3. The highest BCUT2D eigenvalue weighted by Gasteiger charge is 2.13. The highest BCUT2D eigenvalue weighted by Crippen LogP contribution is 2.31. The number of thiazole rings is 1. The Kier molecular flexibility index (Phi) is 8.94. The van der Waals surface area contributed by atoms with Gasteiger partial charge in [0.2, 0.25) is 11.8 Å². The Labute approximate surface area is 177 Å². The van der Waals surface area contributed by atoms with Crippen LogP contribution in [0, 0.1) is 6.92 Å². The highest BCUT2D eigenvalue weighted by atomic mass is 32.2. The molecule has 8 nitrogen and oxygen atoms in total. The van der Waals surface area contributed by atoms with E-state index in [0.717, 1.165) is 17.1 Å². The van der Waals surface area contributed by atoms with E-state index in [-0.39, 0.29) is 18.2 Å². The zero-order valence-corrected chi connectivity index (χ0v) is 18.0. The lowest BCUT2D eigenvalue weighted by Gasteiger charge is -2.07. The molecule has 1 heterocycles. The molecule has 1 aromatic carbocycles. The average Bonchev–Trinajstić information content (AvgIpc) is 3.04. The van der Waals surface area contributed by atoms with Gasteiger partial charge in [0.1, 0.15) is 5.75 Å². The molecule has 0 bridgehead atoms. The molecular weight excluding hydrogens is 412 g/mol. The van der Waals surface area contributed by atoms with Crippen molar-refractivity contribution in [2.75, 3.05) is 24.2 Å². The summed E-state index contributed by atoms with van der Waals surface area (Å²) in [5.74, 6) is -0.311. The molecular formula is C19H24N4O4S2. The first-order chi connectivity index (χ1) is 13.9. The van der Waals surface area contributed by atoms with E-state index < -0.39 is 11.8 Å². The molecule has 0 saturated carbocycles. The molecule has 1 aromatic heterocycles. The van der Waals surface area contributed by atoms with Crippen molar-refractivity contribution in [2.24, 2.45) is 5.73 Å². The van der Waals surface area contributed by atoms with Gasteiger partial charge >= 0.3 is 0 Å². The Morgan fingerprint density at radius 1 is 1.24 bits per heavy atom. The summed E-state index contributed by atoms with van der Waals surface area (Å²) in [5, 5.41) is 5.62. The summed E-state index contributed by atoms with van der Waals surface area (Å²) in [6.45, 7) is 4.33. The van der Waals surface area contributed by atoms with E-state index in [9.17, 15) is 14.4 Å². The topological polar surface area (TPSA) is 123 Å². The number of hydrogen-bond donors (Lipinski definition) is 3. The lowest BCUT2D eigenvalue weighted by Crippen LogP contribution is -2.32. The maximum Gasteiger partial charge on any atom is 0.251 e. The van der Waals surface area contributed by atoms with Gasteiger partial charge < -0.3 is 21.1 Å². The smallest absolute Gasteiger partial charge is 0.251 e. The van der Waals surface area contributed by atoms with Crippen molar-refractivity contribution in [3.63, 3.8) is 0 Å². The minimum Gasteiger partial charge on any atom is -0.494 e. The third-order valence-electron chi connectivity index (χ3n) is 3.64. The van der Waals surface area contributed by atoms with Crippen LogP contribution < -0.4 is 21.1 Å². The van der Waals surface area contributed by atoms with Crippen LogP contribution in [-0.4, -0.2) is 41.6 Å². The van der Waals surface area contributed by atoms with Gasteiger partial charge in [-0.05, 0) is 37.6 Å². The van der Waals surface area contributed by atoms with Gasteiger partial charge in [-0.2, -0.15) is 0 Å². The molecule has 29 heavy (non-hydrogen) atoms. The molecule has 10 heteroatoms. The van der Waals surface area contributed by atoms with E-state index in [0.29, 0.717) is 28.7 Å². The first-order valence-electron chi connectivity index (χ1n) is 9.08. The Balaban J connectivity index is 1.80. The molecule has 4 N–H and O–H groups in total. The standard InChI is InChI=1S/C19H24N4O4S2/c1-3-4-9-27-14-7-5-13(6-8-14)17(26)21-10-16(25)23-19-22-12(2)18(29-19)28-11-15(20)24/h5-8H,3-4,9-11H2,1-2H3,(H2,20,24)(H,21,26)(H,22,23,25). The molecule has 0 aliphatic heterocycles. The zero-order chi connectivity index (χ0) is 21.2. The summed E-state index contributed by atoms with van der Waals surface area (Å²) in [4.78, 5) is 39.4. The van der Waals surface area contributed by atoms with Gasteiger partial charge in [-0.3, -0.25) is 14.4 Å². The molecule has 156 valence electrons. The summed E-state index contributed by atoms with van der Waals surface area (Å²) < 4.78 is 6.37. The second-order valence-electron chi connectivity index (χ2n) is 6.10. The number of aromatic nitrogens is 1. The molecule has 2 rings (SSSR count). The summed E-state index contributed by atoms with van der Waals surface area (Å²) in [7, 11) is 0. The maximum atomic E-state index is 12.2. The summed E-state index contributed by atoms with van der Waals surface area (Å²) in [6.07, 6.45) is 2.03. The number of anilines is 1. The van der Waals surface area contributed by atoms with Gasteiger partial charge in [-0.25, -0.2) is 4.98 Å². The first kappa shape index (κ1) is 22.7. The third kappa shape index (κ3) is 7.74. The number of ether oxygens (including phenoxy) is 1. The minimum atomic E-state index is -0.420. The van der Waals surface area contributed by atoms with Gasteiger partial charge in [0.15, 0.2) is 5.13 Å². The minimum absolute atomic E-state index is 0.148. The van der Waals surface area contributed by atoms with Crippen LogP contribution in [0.3, 0.4) is 0 Å². The number of rotatable bonds is 11. The Hall–Kier alpha value is -2.59. The number of unbranched alkanes of at least 4 members (excludes halogenated alkanes) is 1. The fourth-order valence-corrected chi connectivity index (χ4v) is 4.06. The van der Waals surface area contributed by atoms with Crippen LogP contribution in [0.1, 0.15) is 35.8 Å². The molecule has 0 atom stereocenters. The van der Waals surface area contributed by atoms with Crippen LogP contribution in [0.2, 0.25) is 0 Å². The second kappa shape index (κ2) is 11.4. The van der Waals surface area contributed by atoms with Gasteiger partial charge in [-0.15, -0.1) is 11.8 Å². The molecule has 0 fully saturated rings. The van der Waals surface area contributed by atoms with E-state index >= 15 is 0 Å². The zero-order valence-electron chi connectivity index (χ0n) is 16.3. The molecule has 0 unspecified atom stereocenters. The quantitative estimate of drug-likeness (QED) is 0.367. The Morgan fingerprint density at radius 2 is 1.97 bits per heavy atom. The maximum absolute atomic E-state index is 12.2. The third-order valence-corrected chi connectivity index (χ3v) is 6.10. The van der Waals surface area contributed by atoms with Crippen molar-refractivity contribution in [1.82, 2.24) is 10.3 Å². The van der Waals surface area contributed by atoms with Crippen molar-refractivity contribution in [3.05, 3.63) is 35.5 Å². The lowest BCUT2D eigenvalue weighted by molar-refractivity contribution is -0.116. The average molecular weight is 437 g/mol. The number of carbonyl (C=O) groups is 3. The van der Waals surface area contributed by atoms with Gasteiger partial charge in [-0.1, -0.05) is 24.7 Å². The van der Waals surface area contributed by atoms with Crippen LogP contribution in [0.15, 0.2) is 28.5 Å². The Morgan fingerprint density at radius 3 is 2.62 bits per heavy atom. The fourth-order valence-electron chi connectivity index (χ4n) is 2.17. The fraction of sp³-hybridized carbons (Fsp3) is 0.368. The van der Waals surface area contributed by atoms with Crippen LogP contribution in [0.5, 0.6) is 5.75 Å². The summed E-state index contributed by atoms with van der Waals surface area (Å²) in [6, 6.07) is 6.77. The van der Waals surface area contributed by atoms with E-state index in [2.05, 4.69) is 22.5 Å².